The number of anilines is 1. The SMILES string of the molecule is Nc1ccc2nc(Sc3nc(C(F)(F)F)ns3)[nH]c2c1. The number of H-pyrrole nitrogens is 1. The molecule has 0 atom stereocenters. The molecule has 10 heteroatoms. The Kier molecular flexibility index (Phi) is 3.05. The highest BCUT2D eigenvalue weighted by atomic mass is 32.2. The van der Waals surface area contributed by atoms with Crippen molar-refractivity contribution in [2.45, 2.75) is 15.7 Å². The van der Waals surface area contributed by atoms with E-state index < -0.39 is 12.0 Å². The quantitative estimate of drug-likeness (QED) is 0.710. The van der Waals surface area contributed by atoms with Crippen LogP contribution in [-0.2, 0) is 6.18 Å². The van der Waals surface area contributed by atoms with Gasteiger partial charge in [-0.2, -0.15) is 17.5 Å². The molecule has 0 radical (unpaired) electrons. The predicted octanol–water partition coefficient (Wildman–Crippen LogP) is 3.17. The highest BCUT2D eigenvalue weighted by molar-refractivity contribution is 8.00. The zero-order chi connectivity index (χ0) is 14.3. The smallest absolute Gasteiger partial charge is 0.399 e. The summed E-state index contributed by atoms with van der Waals surface area (Å²) in [5, 5.41) is 0.440. The lowest BCUT2D eigenvalue weighted by Gasteiger charge is -1.97. The monoisotopic (exact) mass is 317 g/mol. The van der Waals surface area contributed by atoms with Gasteiger partial charge in [-0.05, 0) is 41.5 Å². The van der Waals surface area contributed by atoms with Crippen LogP contribution in [0, 0.1) is 0 Å². The number of imidazole rings is 1. The second-order valence-electron chi connectivity index (χ2n) is 3.80. The molecule has 0 saturated carbocycles. The highest BCUT2D eigenvalue weighted by Crippen LogP contribution is 2.33. The second-order valence-corrected chi connectivity index (χ2v) is 5.79. The van der Waals surface area contributed by atoms with Gasteiger partial charge in [-0.1, -0.05) is 0 Å². The van der Waals surface area contributed by atoms with Gasteiger partial charge in [-0.15, -0.1) is 0 Å². The van der Waals surface area contributed by atoms with E-state index in [1.807, 2.05) is 0 Å². The molecule has 0 spiro atoms. The predicted molar refractivity (Wildman–Crippen MR) is 69.5 cm³/mol. The van der Waals surface area contributed by atoms with Crippen LogP contribution in [-0.4, -0.2) is 19.3 Å². The van der Waals surface area contributed by atoms with Crippen LogP contribution in [0.5, 0.6) is 0 Å². The number of nitrogen functional groups attached to an aromatic ring is 1. The van der Waals surface area contributed by atoms with Crippen LogP contribution in [0.4, 0.5) is 18.9 Å². The number of hydrogen-bond donors (Lipinski definition) is 2. The summed E-state index contributed by atoms with van der Waals surface area (Å²) in [6.45, 7) is 0. The van der Waals surface area contributed by atoms with E-state index in [1.54, 1.807) is 18.2 Å². The van der Waals surface area contributed by atoms with Crippen molar-refractivity contribution < 1.29 is 13.2 Å². The molecule has 20 heavy (non-hydrogen) atoms. The van der Waals surface area contributed by atoms with Crippen LogP contribution in [0.2, 0.25) is 0 Å². The number of aromatic nitrogens is 4. The van der Waals surface area contributed by atoms with E-state index in [1.165, 1.54) is 0 Å². The van der Waals surface area contributed by atoms with Gasteiger partial charge in [0.2, 0.25) is 5.82 Å². The van der Waals surface area contributed by atoms with Crippen molar-refractivity contribution in [2.75, 3.05) is 5.73 Å². The number of nitrogens with one attached hydrogen (secondary N) is 1. The Morgan fingerprint density at radius 3 is 2.75 bits per heavy atom. The zero-order valence-corrected chi connectivity index (χ0v) is 11.2. The Bertz CT molecular complexity index is 764. The van der Waals surface area contributed by atoms with E-state index in [4.69, 9.17) is 5.73 Å². The molecule has 0 aliphatic carbocycles. The first-order valence-corrected chi connectivity index (χ1v) is 6.85. The summed E-state index contributed by atoms with van der Waals surface area (Å²) in [6, 6.07) is 5.13. The van der Waals surface area contributed by atoms with E-state index in [-0.39, 0.29) is 4.34 Å². The average molecular weight is 317 g/mol. The molecule has 2 heterocycles. The number of nitrogens with two attached hydrogens (primary N) is 1. The summed E-state index contributed by atoms with van der Waals surface area (Å²) >= 11 is 1.68. The van der Waals surface area contributed by atoms with Gasteiger partial charge in [-0.3, -0.25) is 0 Å². The van der Waals surface area contributed by atoms with Crippen molar-refractivity contribution >= 4 is 40.0 Å². The summed E-state index contributed by atoms with van der Waals surface area (Å²) in [6.07, 6.45) is -4.53. The minimum atomic E-state index is -4.53. The maximum Gasteiger partial charge on any atom is 0.452 e. The van der Waals surface area contributed by atoms with Gasteiger partial charge >= 0.3 is 6.18 Å². The van der Waals surface area contributed by atoms with Gasteiger partial charge in [0.15, 0.2) is 9.50 Å². The van der Waals surface area contributed by atoms with Crippen LogP contribution in [0.25, 0.3) is 11.0 Å². The first-order valence-electron chi connectivity index (χ1n) is 5.26. The number of hydrogen-bond acceptors (Lipinski definition) is 6. The van der Waals surface area contributed by atoms with Gasteiger partial charge in [0.25, 0.3) is 0 Å². The maximum atomic E-state index is 12.4. The molecule has 104 valence electrons. The second kappa shape index (κ2) is 4.63. The fourth-order valence-electron chi connectivity index (χ4n) is 1.50. The molecule has 3 N–H and O–H groups in total. The molecule has 0 aliphatic rings. The van der Waals surface area contributed by atoms with Gasteiger partial charge in [0, 0.05) is 5.69 Å². The lowest BCUT2D eigenvalue weighted by atomic mass is 10.3. The molecule has 3 aromatic rings. The molecule has 3 rings (SSSR count). The van der Waals surface area contributed by atoms with Crippen molar-refractivity contribution in [3.8, 4) is 0 Å². The molecular weight excluding hydrogens is 311 g/mol. The third kappa shape index (κ3) is 2.56. The van der Waals surface area contributed by atoms with Crippen molar-refractivity contribution in [3.05, 3.63) is 24.0 Å². The molecule has 0 fully saturated rings. The molecule has 1 aromatic carbocycles. The Balaban J connectivity index is 1.87. The van der Waals surface area contributed by atoms with Crippen LogP contribution >= 0.6 is 23.3 Å². The summed E-state index contributed by atoms with van der Waals surface area (Å²) in [7, 11) is 0. The van der Waals surface area contributed by atoms with Crippen LogP contribution < -0.4 is 5.73 Å². The van der Waals surface area contributed by atoms with Gasteiger partial charge in [-0.25, -0.2) is 9.97 Å². The fraction of sp³-hybridized carbons (Fsp3) is 0.100. The number of fused-ring (bicyclic) bond motifs is 1. The van der Waals surface area contributed by atoms with Crippen LogP contribution in [0.15, 0.2) is 27.7 Å². The third-order valence-corrected chi connectivity index (χ3v) is 3.97. The summed E-state index contributed by atoms with van der Waals surface area (Å²) in [4.78, 5) is 10.6. The maximum absolute atomic E-state index is 12.4. The minimum Gasteiger partial charge on any atom is -0.399 e. The standard InChI is InChI=1S/C10H6F3N5S2/c11-10(12,13)7-17-9(20-18-7)19-8-15-5-2-1-4(14)3-6(5)16-8/h1-3H,14H2,(H,15,16). The molecule has 0 unspecified atom stereocenters. The summed E-state index contributed by atoms with van der Waals surface area (Å²) < 4.78 is 40.6. The number of nitrogens with zero attached hydrogens (tertiary/aromatic N) is 3. The van der Waals surface area contributed by atoms with Gasteiger partial charge < -0.3 is 10.7 Å². The van der Waals surface area contributed by atoms with E-state index in [2.05, 4.69) is 19.3 Å². The van der Waals surface area contributed by atoms with E-state index in [9.17, 15) is 13.2 Å². The van der Waals surface area contributed by atoms with Gasteiger partial charge in [0.1, 0.15) is 0 Å². The van der Waals surface area contributed by atoms with Crippen molar-refractivity contribution in [1.29, 1.82) is 0 Å². The zero-order valence-electron chi connectivity index (χ0n) is 9.60. The Morgan fingerprint density at radius 1 is 1.25 bits per heavy atom. The fourth-order valence-corrected chi connectivity index (χ4v) is 3.04. The minimum absolute atomic E-state index is 0.171. The Labute approximate surface area is 118 Å². The number of aromatic amines is 1. The first-order chi connectivity index (χ1) is 9.41. The molecule has 0 bridgehead atoms. The highest BCUT2D eigenvalue weighted by Gasteiger charge is 2.36. The van der Waals surface area contributed by atoms with Crippen molar-refractivity contribution in [1.82, 2.24) is 19.3 Å². The Morgan fingerprint density at radius 2 is 2.05 bits per heavy atom. The average Bonchev–Trinajstić information content (AvgIpc) is 2.94. The first kappa shape index (κ1) is 13.2. The van der Waals surface area contributed by atoms with Crippen molar-refractivity contribution in [3.63, 3.8) is 0 Å². The molecule has 0 amide bonds. The summed E-state index contributed by atoms with van der Waals surface area (Å²) in [5.41, 5.74) is 7.61. The van der Waals surface area contributed by atoms with E-state index >= 15 is 0 Å². The molecule has 5 nitrogen and oxygen atoms in total. The van der Waals surface area contributed by atoms with Crippen molar-refractivity contribution in [2.24, 2.45) is 0 Å². The molecular formula is C10H6F3N5S2. The van der Waals surface area contributed by atoms with Crippen LogP contribution in [0.1, 0.15) is 5.82 Å². The molecule has 0 saturated heterocycles. The molecule has 0 aliphatic heterocycles. The number of alkyl halides is 3. The van der Waals surface area contributed by atoms with E-state index in [0.29, 0.717) is 33.4 Å². The number of rotatable bonds is 2. The van der Waals surface area contributed by atoms with E-state index in [0.717, 1.165) is 11.8 Å². The summed E-state index contributed by atoms with van der Waals surface area (Å²) in [5.74, 6) is -1.13. The lowest BCUT2D eigenvalue weighted by Crippen LogP contribution is -2.06. The molecule has 2 aromatic heterocycles. The normalized spacial score (nSPS) is 12.2. The number of benzene rings is 1. The topological polar surface area (TPSA) is 80.5 Å². The lowest BCUT2D eigenvalue weighted by molar-refractivity contribution is -0.144. The van der Waals surface area contributed by atoms with Gasteiger partial charge in [0.05, 0.1) is 11.0 Å². The Hall–Kier alpha value is -1.81. The third-order valence-electron chi connectivity index (χ3n) is 2.33. The van der Waals surface area contributed by atoms with Crippen LogP contribution in [0.3, 0.4) is 0 Å². The number of halogens is 3. The largest absolute Gasteiger partial charge is 0.452 e.